The Morgan fingerprint density at radius 1 is 1.02 bits per heavy atom. The summed E-state index contributed by atoms with van der Waals surface area (Å²) in [5, 5.41) is 23.7. The van der Waals surface area contributed by atoms with Crippen molar-refractivity contribution in [3.8, 4) is 0 Å². The number of fused-ring (bicyclic) bond motifs is 4. The fourth-order valence-electron chi connectivity index (χ4n) is 9.92. The molecular weight excluding hydrogens is 755 g/mol. The van der Waals surface area contributed by atoms with Crippen LogP contribution in [0, 0.1) is 0 Å². The van der Waals surface area contributed by atoms with Gasteiger partial charge in [-0.05, 0) is 63.1 Å². The predicted molar refractivity (Wildman–Crippen MR) is 208 cm³/mol. The fraction of sp³-hybridized carbons (Fsp3) is 0.538. The number of anilines is 3. The summed E-state index contributed by atoms with van der Waals surface area (Å²) in [5.74, 6) is -0.213. The molecule has 8 heterocycles. The van der Waals surface area contributed by atoms with Crippen LogP contribution in [0.3, 0.4) is 0 Å². The summed E-state index contributed by atoms with van der Waals surface area (Å²) in [5.41, 5.74) is 2.20. The number of aryl methyl sites for hydroxylation is 1. The average molecular weight is 801 g/mol. The molecule has 3 N–H and O–H groups in total. The lowest BCUT2D eigenvalue weighted by Gasteiger charge is -2.42. The largest absolute Gasteiger partial charge is 0.374 e. The lowest BCUT2D eigenvalue weighted by Crippen LogP contribution is -2.51. The van der Waals surface area contributed by atoms with Gasteiger partial charge in [0.05, 0.1) is 53.4 Å². The smallest absolute Gasteiger partial charge is 0.329 e. The number of aromatic nitrogens is 7. The molecule has 4 atom stereocenters. The van der Waals surface area contributed by atoms with E-state index in [1.165, 1.54) is 16.9 Å². The zero-order valence-electron chi connectivity index (χ0n) is 32.1. The number of ether oxygens (including phenoxy) is 1. The predicted octanol–water partition coefficient (Wildman–Crippen LogP) is 2.82. The molecule has 58 heavy (non-hydrogen) atoms. The van der Waals surface area contributed by atoms with E-state index >= 15 is 0 Å². The van der Waals surface area contributed by atoms with E-state index in [1.54, 1.807) is 27.1 Å². The molecule has 5 fully saturated rings. The van der Waals surface area contributed by atoms with Gasteiger partial charge in [-0.25, -0.2) is 23.1 Å². The molecule has 5 aromatic rings. The number of imidazole rings is 1. The van der Waals surface area contributed by atoms with Crippen molar-refractivity contribution in [2.75, 3.05) is 54.4 Å². The van der Waals surface area contributed by atoms with E-state index in [2.05, 4.69) is 35.5 Å². The molecule has 4 aliphatic heterocycles. The van der Waals surface area contributed by atoms with Crippen LogP contribution in [-0.2, 0) is 16.6 Å². The Morgan fingerprint density at radius 2 is 1.81 bits per heavy atom. The maximum Gasteiger partial charge on any atom is 0.329 e. The molecule has 2 bridgehead atoms. The molecule has 0 spiro atoms. The van der Waals surface area contributed by atoms with Crippen LogP contribution >= 0.6 is 0 Å². The van der Waals surface area contributed by atoms with Crippen LogP contribution in [0.1, 0.15) is 79.5 Å². The number of halogens is 2. The number of carbonyl (C=O) groups excluding carboxylic acids is 2. The molecule has 4 saturated heterocycles. The molecule has 0 radical (unpaired) electrons. The topological polar surface area (TPSA) is 172 Å². The number of piperazine rings is 1. The highest BCUT2D eigenvalue weighted by Crippen LogP contribution is 2.37. The molecule has 19 heteroatoms. The molecule has 4 aromatic heterocycles. The van der Waals surface area contributed by atoms with Crippen LogP contribution in [0.15, 0.2) is 47.7 Å². The number of alkyl halides is 2. The number of rotatable bonds is 8. The van der Waals surface area contributed by atoms with E-state index < -0.39 is 30.3 Å². The van der Waals surface area contributed by atoms with Crippen molar-refractivity contribution in [2.24, 2.45) is 7.05 Å². The number of aliphatic hydroxyl groups excluding tert-OH is 1. The number of nitrogens with zero attached hydrogens (tertiary/aromatic N) is 10. The highest BCUT2D eigenvalue weighted by atomic mass is 19.3. The molecule has 306 valence electrons. The number of aliphatic hydroxyl groups is 1. The van der Waals surface area contributed by atoms with Gasteiger partial charge in [-0.1, -0.05) is 6.07 Å². The summed E-state index contributed by atoms with van der Waals surface area (Å²) in [7, 11) is 1.73. The summed E-state index contributed by atoms with van der Waals surface area (Å²) in [6.45, 7) is 4.53. The number of carbonyl (C=O) groups is 2. The minimum absolute atomic E-state index is 0.0218. The zero-order valence-corrected chi connectivity index (χ0v) is 32.1. The van der Waals surface area contributed by atoms with Gasteiger partial charge in [-0.2, -0.15) is 10.2 Å². The maximum absolute atomic E-state index is 14.3. The van der Waals surface area contributed by atoms with Crippen molar-refractivity contribution < 1.29 is 28.2 Å². The van der Waals surface area contributed by atoms with Crippen LogP contribution in [-0.4, -0.2) is 119 Å². The Kier molecular flexibility index (Phi) is 9.20. The van der Waals surface area contributed by atoms with Crippen molar-refractivity contribution >= 4 is 45.7 Å². The van der Waals surface area contributed by atoms with Crippen molar-refractivity contribution in [2.45, 2.75) is 87.9 Å². The van der Waals surface area contributed by atoms with Crippen LogP contribution < -0.4 is 26.1 Å². The molecule has 5 aliphatic rings. The first-order valence-corrected chi connectivity index (χ1v) is 20.2. The minimum Gasteiger partial charge on any atom is -0.374 e. The number of piperidine rings is 1. The van der Waals surface area contributed by atoms with Crippen LogP contribution in [0.5, 0.6) is 0 Å². The third-order valence-corrected chi connectivity index (χ3v) is 12.9. The molecule has 10 rings (SSSR count). The highest BCUT2D eigenvalue weighted by molar-refractivity contribution is 6.08. The average Bonchev–Trinajstić information content (AvgIpc) is 4.08. The monoisotopic (exact) mass is 800 g/mol. The first-order chi connectivity index (χ1) is 28.1. The Balaban J connectivity index is 0.784. The van der Waals surface area contributed by atoms with E-state index in [4.69, 9.17) is 9.72 Å². The van der Waals surface area contributed by atoms with Gasteiger partial charge in [-0.15, -0.1) is 0 Å². The van der Waals surface area contributed by atoms with E-state index in [-0.39, 0.29) is 41.0 Å². The number of hydrogen-bond donors (Lipinski definition) is 3. The Bertz CT molecular complexity index is 2450. The lowest BCUT2D eigenvalue weighted by atomic mass is 9.90. The van der Waals surface area contributed by atoms with Crippen molar-refractivity contribution in [3.05, 3.63) is 64.6 Å². The molecule has 1 saturated carbocycles. The maximum atomic E-state index is 14.3. The molecule has 17 nitrogen and oxygen atoms in total. The van der Waals surface area contributed by atoms with E-state index in [1.807, 2.05) is 24.3 Å². The molecule has 1 aliphatic carbocycles. The lowest BCUT2D eigenvalue weighted by molar-refractivity contribution is -0.130. The Morgan fingerprint density at radius 3 is 2.53 bits per heavy atom. The third kappa shape index (κ3) is 6.30. The van der Waals surface area contributed by atoms with Crippen LogP contribution in [0.4, 0.5) is 26.0 Å². The second-order valence-corrected chi connectivity index (χ2v) is 16.2. The van der Waals surface area contributed by atoms with Gasteiger partial charge < -0.3 is 30.3 Å². The summed E-state index contributed by atoms with van der Waals surface area (Å²) in [6, 6.07) is 7.47. The minimum atomic E-state index is -2.88. The fourth-order valence-corrected chi connectivity index (χ4v) is 9.92. The van der Waals surface area contributed by atoms with Crippen LogP contribution in [0.25, 0.3) is 16.7 Å². The van der Waals surface area contributed by atoms with Crippen molar-refractivity contribution in [1.82, 2.24) is 43.7 Å². The number of para-hydroxylation sites is 1. The van der Waals surface area contributed by atoms with Gasteiger partial charge in [0.1, 0.15) is 23.7 Å². The summed E-state index contributed by atoms with van der Waals surface area (Å²) < 4.78 is 40.7. The first-order valence-electron chi connectivity index (χ1n) is 20.2. The van der Waals surface area contributed by atoms with Gasteiger partial charge in [0.2, 0.25) is 5.91 Å². The Hall–Kier alpha value is -5.40. The normalized spacial score (nSPS) is 26.7. The van der Waals surface area contributed by atoms with Gasteiger partial charge in [0, 0.05) is 58.2 Å². The highest BCUT2D eigenvalue weighted by Gasteiger charge is 2.40. The second kappa shape index (κ2) is 14.5. The summed E-state index contributed by atoms with van der Waals surface area (Å²) in [6.07, 6.45) is 6.04. The molecular formula is C39H46F2N12O5. The second-order valence-electron chi connectivity index (χ2n) is 16.2. The molecule has 2 amide bonds. The standard InChI is InChI=1S/C39H46F2N12O5/c1-47-34-28(3-2-4-29(34)53(39(47)57)30-9-10-32(54)45-38(30)56)49-15-13-48(14-16-49)22-5-7-23(8-6-22)52-20-27(33(46-52)35(40)41)43-37(55)26-18-42-51-12-11-31(44-36(26)51)50-19-25-17-24(50)21-58-25/h2-4,11-12,18,20,22-25,30,32,35,54H,5-10,13-17,19,21H2,1H3,(H,43,55)(H,45,56)/t22?,23?,24-,25-,30?,32?/m1/s1. The van der Waals surface area contributed by atoms with Gasteiger partial charge in [0.25, 0.3) is 12.3 Å². The van der Waals surface area contributed by atoms with Crippen molar-refractivity contribution in [3.63, 3.8) is 0 Å². The Labute approximate surface area is 331 Å². The van der Waals surface area contributed by atoms with E-state index in [0.29, 0.717) is 36.7 Å². The number of nitrogens with one attached hydrogen (secondary N) is 2. The number of benzene rings is 1. The summed E-state index contributed by atoms with van der Waals surface area (Å²) >= 11 is 0. The summed E-state index contributed by atoms with van der Waals surface area (Å²) in [4.78, 5) is 51.5. The zero-order chi connectivity index (χ0) is 39.8. The quantitative estimate of drug-likeness (QED) is 0.211. The van der Waals surface area contributed by atoms with Crippen molar-refractivity contribution in [1.29, 1.82) is 0 Å². The van der Waals surface area contributed by atoms with Gasteiger partial charge in [0.15, 0.2) is 11.3 Å². The number of morpholine rings is 1. The van der Waals surface area contributed by atoms with Gasteiger partial charge >= 0.3 is 5.69 Å². The SMILES string of the molecule is Cn1c(=O)n(C2CCC(O)NC2=O)c2cccc(N3CCN(C4CCC(n5cc(NC(=O)c6cnn7ccc(N8C[C@H]9C[C@@H]8CO9)nc67)c(C(F)F)n5)CC4)CC3)c21. The molecule has 2 unspecified atom stereocenters. The number of amides is 2. The third-order valence-electron chi connectivity index (χ3n) is 12.9. The van der Waals surface area contributed by atoms with Gasteiger partial charge in [-0.3, -0.25) is 28.3 Å². The van der Waals surface area contributed by atoms with Crippen LogP contribution in [0.2, 0.25) is 0 Å². The molecule has 1 aromatic carbocycles. The first kappa shape index (κ1) is 36.9. The number of hydrogen-bond acceptors (Lipinski definition) is 11. The van der Waals surface area contributed by atoms with E-state index in [0.717, 1.165) is 81.8 Å². The van der Waals surface area contributed by atoms with E-state index in [9.17, 15) is 28.3 Å².